The summed E-state index contributed by atoms with van der Waals surface area (Å²) >= 11 is 2.09. The monoisotopic (exact) mass is 489 g/mol. The molecule has 1 aromatic rings. The molecule has 1 aromatic heterocycles. The number of nitrogens with one attached hydrogen (secondary N) is 2. The minimum atomic E-state index is 0. The molecule has 1 saturated heterocycles. The second-order valence-corrected chi connectivity index (χ2v) is 8.18. The van der Waals surface area contributed by atoms with Crippen LogP contribution in [0.25, 0.3) is 0 Å². The minimum absolute atomic E-state index is 0. The number of aromatic nitrogens is 1. The Labute approximate surface area is 179 Å². The Morgan fingerprint density at radius 2 is 2.00 bits per heavy atom. The number of nitrogens with zero attached hydrogens (tertiary/aromatic N) is 3. The van der Waals surface area contributed by atoms with Gasteiger partial charge in [-0.1, -0.05) is 18.9 Å². The fourth-order valence-corrected chi connectivity index (χ4v) is 4.90. The van der Waals surface area contributed by atoms with Crippen LogP contribution in [0.1, 0.15) is 31.4 Å². The van der Waals surface area contributed by atoms with Crippen molar-refractivity contribution in [2.24, 2.45) is 4.99 Å². The van der Waals surface area contributed by atoms with Gasteiger partial charge in [-0.3, -0.25) is 14.9 Å². The van der Waals surface area contributed by atoms with Gasteiger partial charge in [0, 0.05) is 68.6 Å². The molecule has 0 amide bonds. The Morgan fingerprint density at radius 3 is 2.65 bits per heavy atom. The van der Waals surface area contributed by atoms with E-state index in [9.17, 15) is 0 Å². The summed E-state index contributed by atoms with van der Waals surface area (Å²) in [4.78, 5) is 11.5. The van der Waals surface area contributed by atoms with Crippen molar-refractivity contribution in [2.75, 3.05) is 44.7 Å². The van der Waals surface area contributed by atoms with Gasteiger partial charge in [0.2, 0.25) is 0 Å². The van der Waals surface area contributed by atoms with E-state index in [2.05, 4.69) is 43.3 Å². The third-order valence-corrected chi connectivity index (χ3v) is 6.37. The number of pyridine rings is 1. The van der Waals surface area contributed by atoms with Gasteiger partial charge in [0.25, 0.3) is 0 Å². The summed E-state index contributed by atoms with van der Waals surface area (Å²) in [6, 6.07) is 6.06. The molecule has 1 saturated carbocycles. The predicted octanol–water partition coefficient (Wildman–Crippen LogP) is 2.77. The third kappa shape index (κ3) is 5.99. The summed E-state index contributed by atoms with van der Waals surface area (Å²) in [5, 5.41) is 7.04. The van der Waals surface area contributed by atoms with Crippen LogP contribution in [0.4, 0.5) is 0 Å². The van der Waals surface area contributed by atoms with E-state index in [-0.39, 0.29) is 24.0 Å². The largest absolute Gasteiger partial charge is 0.356 e. The first-order valence-electron chi connectivity index (χ1n) is 9.50. The fraction of sp³-hybridized carbons (Fsp3) is 0.684. The molecule has 1 aliphatic carbocycles. The van der Waals surface area contributed by atoms with Gasteiger partial charge in [-0.15, -0.1) is 24.0 Å². The lowest BCUT2D eigenvalue weighted by Crippen LogP contribution is -2.57. The molecule has 1 aliphatic heterocycles. The molecule has 0 bridgehead atoms. The van der Waals surface area contributed by atoms with Crippen LogP contribution in [0, 0.1) is 0 Å². The highest BCUT2D eigenvalue weighted by Crippen LogP contribution is 2.36. The van der Waals surface area contributed by atoms with E-state index in [4.69, 9.17) is 0 Å². The maximum atomic E-state index is 4.41. The van der Waals surface area contributed by atoms with Gasteiger partial charge in [0.15, 0.2) is 5.96 Å². The molecule has 2 aliphatic rings. The van der Waals surface area contributed by atoms with Gasteiger partial charge < -0.3 is 10.6 Å². The zero-order valence-corrected chi connectivity index (χ0v) is 18.9. The molecule has 0 spiro atoms. The second-order valence-electron chi connectivity index (χ2n) is 6.95. The van der Waals surface area contributed by atoms with Crippen molar-refractivity contribution in [3.63, 3.8) is 0 Å². The van der Waals surface area contributed by atoms with Crippen LogP contribution in [0.15, 0.2) is 29.4 Å². The summed E-state index contributed by atoms with van der Waals surface area (Å²) in [6.45, 7) is 4.32. The Kier molecular flexibility index (Phi) is 9.49. The Hall–Kier alpha value is -0.540. The highest BCUT2D eigenvalue weighted by atomic mass is 127. The summed E-state index contributed by atoms with van der Waals surface area (Å²) in [5.41, 5.74) is 1.45. The SMILES string of the molecule is CN=C(NCCc1ccccn1)NCC1(N2CCSCC2)CCCC1.I. The van der Waals surface area contributed by atoms with Gasteiger partial charge in [0.05, 0.1) is 0 Å². The quantitative estimate of drug-likeness (QED) is 0.366. The number of halogens is 1. The number of guanidine groups is 1. The molecule has 26 heavy (non-hydrogen) atoms. The van der Waals surface area contributed by atoms with Crippen LogP contribution in [-0.4, -0.2) is 66.1 Å². The van der Waals surface area contributed by atoms with Crippen molar-refractivity contribution in [1.29, 1.82) is 0 Å². The van der Waals surface area contributed by atoms with E-state index >= 15 is 0 Å². The van der Waals surface area contributed by atoms with Gasteiger partial charge in [-0.2, -0.15) is 11.8 Å². The van der Waals surface area contributed by atoms with Crippen molar-refractivity contribution in [3.8, 4) is 0 Å². The molecule has 146 valence electrons. The number of hydrogen-bond acceptors (Lipinski definition) is 4. The minimum Gasteiger partial charge on any atom is -0.356 e. The van der Waals surface area contributed by atoms with E-state index in [1.807, 2.05) is 25.4 Å². The first-order chi connectivity index (χ1) is 12.3. The average Bonchev–Trinajstić information content (AvgIpc) is 3.16. The highest BCUT2D eigenvalue weighted by molar-refractivity contribution is 14.0. The third-order valence-electron chi connectivity index (χ3n) is 5.42. The number of rotatable bonds is 6. The van der Waals surface area contributed by atoms with E-state index in [1.165, 1.54) is 50.3 Å². The van der Waals surface area contributed by atoms with Crippen LogP contribution in [0.5, 0.6) is 0 Å². The molecule has 2 N–H and O–H groups in total. The van der Waals surface area contributed by atoms with Crippen molar-refractivity contribution in [3.05, 3.63) is 30.1 Å². The molecule has 7 heteroatoms. The number of hydrogen-bond donors (Lipinski definition) is 2. The van der Waals surface area contributed by atoms with Crippen LogP contribution in [-0.2, 0) is 6.42 Å². The molecule has 2 heterocycles. The second kappa shape index (κ2) is 11.3. The lowest BCUT2D eigenvalue weighted by molar-refractivity contribution is 0.107. The summed E-state index contributed by atoms with van der Waals surface area (Å²) in [5.74, 6) is 3.46. The highest BCUT2D eigenvalue weighted by Gasteiger charge is 2.39. The van der Waals surface area contributed by atoms with Crippen molar-refractivity contribution in [1.82, 2.24) is 20.5 Å². The molecule has 0 aromatic carbocycles. The van der Waals surface area contributed by atoms with E-state index < -0.39 is 0 Å². The van der Waals surface area contributed by atoms with E-state index in [0.717, 1.165) is 31.2 Å². The first-order valence-corrected chi connectivity index (χ1v) is 10.7. The zero-order chi connectivity index (χ0) is 17.4. The van der Waals surface area contributed by atoms with Crippen LogP contribution in [0.2, 0.25) is 0 Å². The fourth-order valence-electron chi connectivity index (χ4n) is 4.00. The number of thioether (sulfide) groups is 1. The van der Waals surface area contributed by atoms with Gasteiger partial charge in [0.1, 0.15) is 0 Å². The molecular weight excluding hydrogens is 457 g/mol. The molecule has 3 rings (SSSR count). The standard InChI is InChI=1S/C19H31N5S.HI/c1-20-18(22-11-7-17-6-2-5-10-21-17)23-16-19(8-3-4-9-19)24-12-14-25-15-13-24;/h2,5-6,10H,3-4,7-9,11-16H2,1H3,(H2,20,22,23);1H. The summed E-state index contributed by atoms with van der Waals surface area (Å²) in [7, 11) is 1.86. The van der Waals surface area contributed by atoms with Gasteiger partial charge >= 0.3 is 0 Å². The number of aliphatic imine (C=N–C) groups is 1. The smallest absolute Gasteiger partial charge is 0.191 e. The average molecular weight is 489 g/mol. The maximum absolute atomic E-state index is 4.41. The maximum Gasteiger partial charge on any atom is 0.191 e. The summed E-state index contributed by atoms with van der Waals surface area (Å²) < 4.78 is 0. The topological polar surface area (TPSA) is 52.6 Å². The molecule has 0 atom stereocenters. The van der Waals surface area contributed by atoms with Gasteiger partial charge in [-0.05, 0) is 25.0 Å². The lowest BCUT2D eigenvalue weighted by atomic mass is 9.94. The lowest BCUT2D eigenvalue weighted by Gasteiger charge is -2.43. The van der Waals surface area contributed by atoms with Gasteiger partial charge in [-0.25, -0.2) is 0 Å². The van der Waals surface area contributed by atoms with Crippen molar-refractivity contribution < 1.29 is 0 Å². The van der Waals surface area contributed by atoms with Crippen LogP contribution >= 0.6 is 35.7 Å². The van der Waals surface area contributed by atoms with Crippen molar-refractivity contribution >= 4 is 41.7 Å². The van der Waals surface area contributed by atoms with E-state index in [0.29, 0.717) is 5.54 Å². The Morgan fingerprint density at radius 1 is 1.23 bits per heavy atom. The predicted molar refractivity (Wildman–Crippen MR) is 123 cm³/mol. The van der Waals surface area contributed by atoms with E-state index in [1.54, 1.807) is 0 Å². The van der Waals surface area contributed by atoms with Crippen LogP contribution < -0.4 is 10.6 Å². The molecular formula is C19H32IN5S. The normalized spacial score (nSPS) is 20.4. The van der Waals surface area contributed by atoms with Crippen molar-refractivity contribution in [2.45, 2.75) is 37.6 Å². The molecule has 0 unspecified atom stereocenters. The molecule has 0 radical (unpaired) electrons. The molecule has 5 nitrogen and oxygen atoms in total. The van der Waals surface area contributed by atoms with Crippen LogP contribution in [0.3, 0.4) is 0 Å². The Bertz CT molecular complexity index is 542. The first kappa shape index (κ1) is 21.8. The summed E-state index contributed by atoms with van der Waals surface area (Å²) in [6.07, 6.45) is 8.11. The zero-order valence-electron chi connectivity index (χ0n) is 15.7. The molecule has 2 fully saturated rings. The Balaban J connectivity index is 0.00000243.